The van der Waals surface area contributed by atoms with Crippen molar-refractivity contribution in [3.63, 3.8) is 0 Å². The van der Waals surface area contributed by atoms with Crippen LogP contribution in [0.15, 0.2) is 30.4 Å². The summed E-state index contributed by atoms with van der Waals surface area (Å²) in [5.74, 6) is -1.92. The van der Waals surface area contributed by atoms with Crippen molar-refractivity contribution in [2.24, 2.45) is 0 Å². The van der Waals surface area contributed by atoms with Crippen molar-refractivity contribution in [2.45, 2.75) is 0 Å². The van der Waals surface area contributed by atoms with Gasteiger partial charge in [0.2, 0.25) is 5.13 Å². The molecule has 19 heavy (non-hydrogen) atoms. The molecule has 1 aromatic carbocycles. The summed E-state index contributed by atoms with van der Waals surface area (Å²) in [6.45, 7) is 0. The number of anilines is 1. The third-order valence-electron chi connectivity index (χ3n) is 2.62. The lowest BCUT2D eigenvalue weighted by Crippen LogP contribution is -2.29. The molecule has 1 N–H and O–H groups in total. The van der Waals surface area contributed by atoms with Crippen molar-refractivity contribution in [3.05, 3.63) is 35.9 Å². The van der Waals surface area contributed by atoms with Gasteiger partial charge in [-0.25, -0.2) is 14.7 Å². The molecule has 1 aliphatic rings. The minimum absolute atomic E-state index is 0.139. The number of hydrogen-bond acceptors (Lipinski definition) is 5. The van der Waals surface area contributed by atoms with Crippen LogP contribution in [-0.2, 0) is 9.59 Å². The molecule has 3 rings (SSSR count). The molecule has 1 aromatic heterocycles. The quantitative estimate of drug-likeness (QED) is 0.837. The molecular formula is C12H6N2O4S. The molecule has 0 bridgehead atoms. The van der Waals surface area contributed by atoms with Gasteiger partial charge in [-0.05, 0) is 18.2 Å². The zero-order valence-electron chi connectivity index (χ0n) is 9.36. The van der Waals surface area contributed by atoms with Crippen molar-refractivity contribution in [3.8, 4) is 0 Å². The van der Waals surface area contributed by atoms with E-state index in [1.54, 1.807) is 6.07 Å². The summed E-state index contributed by atoms with van der Waals surface area (Å²) < 4.78 is 0.613. The van der Waals surface area contributed by atoms with E-state index in [9.17, 15) is 14.4 Å². The topological polar surface area (TPSA) is 87.6 Å². The van der Waals surface area contributed by atoms with Crippen LogP contribution in [0.2, 0.25) is 0 Å². The third-order valence-corrected chi connectivity index (χ3v) is 3.63. The summed E-state index contributed by atoms with van der Waals surface area (Å²) >= 11 is 1.10. The fourth-order valence-electron chi connectivity index (χ4n) is 1.73. The molecule has 0 saturated carbocycles. The summed E-state index contributed by atoms with van der Waals surface area (Å²) in [6.07, 6.45) is 2.36. The highest BCUT2D eigenvalue weighted by Crippen LogP contribution is 2.31. The number of nitrogens with zero attached hydrogens (tertiary/aromatic N) is 2. The molecule has 1 aliphatic heterocycles. The molecule has 0 spiro atoms. The van der Waals surface area contributed by atoms with Crippen molar-refractivity contribution < 1.29 is 19.5 Å². The summed E-state index contributed by atoms with van der Waals surface area (Å²) in [5, 5.41) is 9.15. The second-order valence-corrected chi connectivity index (χ2v) is 4.84. The predicted molar refractivity (Wildman–Crippen MR) is 68.2 cm³/mol. The summed E-state index contributed by atoms with van der Waals surface area (Å²) in [6, 6.07) is 4.45. The lowest BCUT2D eigenvalue weighted by molar-refractivity contribution is -0.119. The summed E-state index contributed by atoms with van der Waals surface area (Å²) in [7, 11) is 0. The van der Waals surface area contributed by atoms with Gasteiger partial charge < -0.3 is 5.11 Å². The SMILES string of the molecule is O=C(O)c1ccc2nc(N3C(=O)C=CC3=O)sc2c1. The number of carboxylic acids is 1. The van der Waals surface area contributed by atoms with Gasteiger partial charge in [-0.3, -0.25) is 9.59 Å². The first-order valence-corrected chi connectivity index (χ1v) is 6.08. The number of fused-ring (bicyclic) bond motifs is 1. The zero-order chi connectivity index (χ0) is 13.6. The van der Waals surface area contributed by atoms with Gasteiger partial charge in [-0.15, -0.1) is 0 Å². The van der Waals surface area contributed by atoms with Crippen molar-refractivity contribution in [1.29, 1.82) is 0 Å². The van der Waals surface area contributed by atoms with Gasteiger partial charge in [0.15, 0.2) is 0 Å². The van der Waals surface area contributed by atoms with Crippen LogP contribution < -0.4 is 4.90 Å². The number of amides is 2. The minimum Gasteiger partial charge on any atom is -0.478 e. The van der Waals surface area contributed by atoms with Gasteiger partial charge >= 0.3 is 5.97 Å². The Morgan fingerprint density at radius 1 is 1.21 bits per heavy atom. The Morgan fingerprint density at radius 2 is 1.89 bits per heavy atom. The second-order valence-electron chi connectivity index (χ2n) is 3.83. The minimum atomic E-state index is -1.04. The molecule has 0 saturated heterocycles. The highest BCUT2D eigenvalue weighted by atomic mass is 32.1. The van der Waals surface area contributed by atoms with Crippen LogP contribution in [0.4, 0.5) is 5.13 Å². The van der Waals surface area contributed by atoms with E-state index in [1.807, 2.05) is 0 Å². The molecule has 2 heterocycles. The Labute approximate surface area is 110 Å². The number of aromatic carboxylic acids is 1. The number of hydrogen-bond donors (Lipinski definition) is 1. The molecule has 2 amide bonds. The largest absolute Gasteiger partial charge is 0.478 e. The molecule has 6 nitrogen and oxygen atoms in total. The first-order valence-electron chi connectivity index (χ1n) is 5.26. The molecule has 0 radical (unpaired) electrons. The molecule has 0 unspecified atom stereocenters. The number of carbonyl (C=O) groups is 3. The number of thiazole rings is 1. The Kier molecular flexibility index (Phi) is 2.42. The lowest BCUT2D eigenvalue weighted by atomic mass is 10.2. The van der Waals surface area contributed by atoms with E-state index in [-0.39, 0.29) is 10.7 Å². The van der Waals surface area contributed by atoms with Crippen LogP contribution in [0, 0.1) is 0 Å². The Balaban J connectivity index is 2.09. The number of imide groups is 1. The van der Waals surface area contributed by atoms with Crippen LogP contribution in [-0.4, -0.2) is 27.9 Å². The fraction of sp³-hybridized carbons (Fsp3) is 0. The van der Waals surface area contributed by atoms with Gasteiger partial charge in [-0.1, -0.05) is 11.3 Å². The first-order chi connectivity index (χ1) is 9.06. The van der Waals surface area contributed by atoms with Gasteiger partial charge in [0.05, 0.1) is 15.8 Å². The Morgan fingerprint density at radius 3 is 2.53 bits per heavy atom. The average Bonchev–Trinajstić information content (AvgIpc) is 2.91. The standard InChI is InChI=1S/C12H6N2O4S/c15-9-3-4-10(16)14(9)12-13-7-2-1-6(11(17)18)5-8(7)19-12/h1-5H,(H,17,18). The van der Waals surface area contributed by atoms with Crippen LogP contribution >= 0.6 is 11.3 Å². The third kappa shape index (κ3) is 1.80. The normalized spacial score (nSPS) is 14.6. The number of aromatic nitrogens is 1. The number of carboxylic acid groups (broad SMARTS) is 1. The van der Waals surface area contributed by atoms with Crippen molar-refractivity contribution >= 4 is 44.5 Å². The van der Waals surface area contributed by atoms with Crippen molar-refractivity contribution in [2.75, 3.05) is 4.90 Å². The molecule has 94 valence electrons. The van der Waals surface area contributed by atoms with Gasteiger partial charge in [0.1, 0.15) is 0 Å². The second kappa shape index (κ2) is 3.99. The van der Waals surface area contributed by atoms with E-state index < -0.39 is 17.8 Å². The monoisotopic (exact) mass is 274 g/mol. The Bertz CT molecular complexity index is 744. The smallest absolute Gasteiger partial charge is 0.335 e. The highest BCUT2D eigenvalue weighted by Gasteiger charge is 2.28. The maximum atomic E-state index is 11.5. The number of rotatable bonds is 2. The summed E-state index contributed by atoms with van der Waals surface area (Å²) in [5.41, 5.74) is 0.692. The van der Waals surface area contributed by atoms with Gasteiger partial charge in [0, 0.05) is 12.2 Å². The van der Waals surface area contributed by atoms with Crippen molar-refractivity contribution in [1.82, 2.24) is 4.98 Å². The van der Waals surface area contributed by atoms with E-state index in [2.05, 4.69) is 4.98 Å². The number of benzene rings is 1. The average molecular weight is 274 g/mol. The van der Waals surface area contributed by atoms with E-state index in [4.69, 9.17) is 5.11 Å². The van der Waals surface area contributed by atoms with E-state index in [0.717, 1.165) is 16.2 Å². The highest BCUT2D eigenvalue weighted by molar-refractivity contribution is 7.22. The first kappa shape index (κ1) is 11.5. The number of carbonyl (C=O) groups excluding carboxylic acids is 2. The molecule has 0 atom stereocenters. The molecular weight excluding hydrogens is 268 g/mol. The molecule has 0 fully saturated rings. The molecule has 7 heteroatoms. The van der Waals surface area contributed by atoms with Gasteiger partial charge in [-0.2, -0.15) is 0 Å². The fourth-order valence-corrected chi connectivity index (χ4v) is 2.75. The summed E-state index contributed by atoms with van der Waals surface area (Å²) in [4.78, 5) is 39.1. The predicted octanol–water partition coefficient (Wildman–Crippen LogP) is 1.42. The Hall–Kier alpha value is -2.54. The van der Waals surface area contributed by atoms with E-state index >= 15 is 0 Å². The zero-order valence-corrected chi connectivity index (χ0v) is 10.2. The van der Waals surface area contributed by atoms with Crippen LogP contribution in [0.25, 0.3) is 10.2 Å². The van der Waals surface area contributed by atoms with Crippen LogP contribution in [0.5, 0.6) is 0 Å². The van der Waals surface area contributed by atoms with Gasteiger partial charge in [0.25, 0.3) is 11.8 Å². The van der Waals surface area contributed by atoms with E-state index in [0.29, 0.717) is 10.2 Å². The lowest BCUT2D eigenvalue weighted by Gasteiger charge is -2.07. The van der Waals surface area contributed by atoms with E-state index in [1.165, 1.54) is 24.3 Å². The molecule has 2 aromatic rings. The maximum Gasteiger partial charge on any atom is 0.335 e. The van der Waals surface area contributed by atoms with Crippen LogP contribution in [0.3, 0.4) is 0 Å². The maximum absolute atomic E-state index is 11.5. The van der Waals surface area contributed by atoms with Crippen LogP contribution in [0.1, 0.15) is 10.4 Å². The molecule has 0 aliphatic carbocycles.